The molecule has 0 radical (unpaired) electrons. The van der Waals surface area contributed by atoms with Crippen LogP contribution in [0.1, 0.15) is 82.9 Å². The maximum atomic E-state index is 11.8. The van der Waals surface area contributed by atoms with E-state index in [4.69, 9.17) is 10.7 Å². The standard InChI is InChI=1S/C24H28N4O2S.C19H19BrN4O2/c1-14-9-19(12-21(25)10-14)16(3)26-24-22-13-20(18-5-7-31(29,30)8-6-18)11-15(2)23(22)27-17(4)28-24;1-10-5-14(8-16(6-10)24(25)26)12(3)21-19-17-9-15(20)7-11(2)18(17)22-13(4)23-19/h5,9-13,16H,6-8,25H2,1-4H3,(H,26,27,28);5-9,12H,1-4H3,(H,21,22,23)/t16-;12-/m11/s1. The van der Waals surface area contributed by atoms with Crippen molar-refractivity contribution in [3.8, 4) is 0 Å². The third-order valence-electron chi connectivity index (χ3n) is 9.93. The molecule has 4 N–H and O–H groups in total. The van der Waals surface area contributed by atoms with Gasteiger partial charge in [-0.1, -0.05) is 34.1 Å². The van der Waals surface area contributed by atoms with E-state index in [2.05, 4.69) is 66.6 Å². The van der Waals surface area contributed by atoms with Crippen molar-refractivity contribution < 1.29 is 13.3 Å². The molecule has 3 heterocycles. The Balaban J connectivity index is 0.000000196. The van der Waals surface area contributed by atoms with Gasteiger partial charge >= 0.3 is 0 Å². The molecular formula is C43H47BrN8O4S. The van der Waals surface area contributed by atoms with Crippen LogP contribution in [0.25, 0.3) is 27.4 Å². The highest BCUT2D eigenvalue weighted by Gasteiger charge is 2.20. The lowest BCUT2D eigenvalue weighted by atomic mass is 9.98. The van der Waals surface area contributed by atoms with E-state index in [-0.39, 0.29) is 34.2 Å². The fraction of sp³-hybridized carbons (Fsp3) is 0.302. The van der Waals surface area contributed by atoms with Crippen LogP contribution in [0.5, 0.6) is 0 Å². The smallest absolute Gasteiger partial charge is 0.270 e. The first-order valence-corrected chi connectivity index (χ1v) is 21.3. The molecule has 0 saturated heterocycles. The van der Waals surface area contributed by atoms with E-state index in [1.807, 2.05) is 84.9 Å². The van der Waals surface area contributed by atoms with Crippen LogP contribution in [0.15, 0.2) is 71.2 Å². The second-order valence-corrected chi connectivity index (χ2v) is 18.1. The third kappa shape index (κ3) is 9.74. The predicted molar refractivity (Wildman–Crippen MR) is 234 cm³/mol. The van der Waals surface area contributed by atoms with Crippen molar-refractivity contribution >= 4 is 76.2 Å². The van der Waals surface area contributed by atoms with E-state index in [0.29, 0.717) is 23.9 Å². The van der Waals surface area contributed by atoms with Crippen LogP contribution in [0, 0.1) is 51.7 Å². The quantitative estimate of drug-likeness (QED) is 0.0754. The number of anilines is 3. The lowest BCUT2D eigenvalue weighted by molar-refractivity contribution is -0.385. The lowest BCUT2D eigenvalue weighted by Crippen LogP contribution is -2.15. The molecule has 2 atom stereocenters. The Morgan fingerprint density at radius 3 is 1.82 bits per heavy atom. The first-order chi connectivity index (χ1) is 26.8. The number of nitro groups is 1. The minimum atomic E-state index is -2.97. The van der Waals surface area contributed by atoms with Crippen LogP contribution in [0.3, 0.4) is 0 Å². The van der Waals surface area contributed by atoms with Gasteiger partial charge in [0.2, 0.25) is 0 Å². The van der Waals surface area contributed by atoms with Gasteiger partial charge in [0.1, 0.15) is 23.3 Å². The molecule has 14 heteroatoms. The number of hydrogen-bond donors (Lipinski definition) is 3. The molecule has 0 aliphatic carbocycles. The summed E-state index contributed by atoms with van der Waals surface area (Å²) in [5.74, 6) is 3.15. The van der Waals surface area contributed by atoms with Crippen LogP contribution in [-0.4, -0.2) is 44.8 Å². The molecule has 7 rings (SSSR count). The number of nitrogens with one attached hydrogen (secondary N) is 2. The molecule has 0 saturated carbocycles. The van der Waals surface area contributed by atoms with Crippen LogP contribution in [0.2, 0.25) is 0 Å². The zero-order chi connectivity index (χ0) is 41.3. The van der Waals surface area contributed by atoms with E-state index < -0.39 is 9.84 Å². The summed E-state index contributed by atoms with van der Waals surface area (Å²) in [5.41, 5.74) is 16.8. The fourth-order valence-electron chi connectivity index (χ4n) is 7.15. The average molecular weight is 852 g/mol. The third-order valence-corrected chi connectivity index (χ3v) is 11.9. The van der Waals surface area contributed by atoms with Crippen LogP contribution >= 0.6 is 15.9 Å². The molecule has 1 aliphatic heterocycles. The molecule has 2 aromatic heterocycles. The van der Waals surface area contributed by atoms with Crippen molar-refractivity contribution in [1.29, 1.82) is 0 Å². The maximum Gasteiger partial charge on any atom is 0.270 e. The predicted octanol–water partition coefficient (Wildman–Crippen LogP) is 9.91. The van der Waals surface area contributed by atoms with Gasteiger partial charge in [-0.05, 0) is 143 Å². The summed E-state index contributed by atoms with van der Waals surface area (Å²) < 4.78 is 24.6. The summed E-state index contributed by atoms with van der Waals surface area (Å²) in [4.78, 5) is 29.2. The minimum absolute atomic E-state index is 0.00250. The van der Waals surface area contributed by atoms with Crippen molar-refractivity contribution in [2.75, 3.05) is 27.9 Å². The zero-order valence-corrected chi connectivity index (χ0v) is 35.8. The van der Waals surface area contributed by atoms with Crippen molar-refractivity contribution in [3.05, 3.63) is 132 Å². The van der Waals surface area contributed by atoms with Crippen LogP contribution in [0.4, 0.5) is 23.0 Å². The normalized spacial score (nSPS) is 14.6. The average Bonchev–Trinajstić information content (AvgIpc) is 3.12. The topological polar surface area (TPSA) is 179 Å². The number of halogens is 1. The van der Waals surface area contributed by atoms with Gasteiger partial charge in [-0.3, -0.25) is 10.1 Å². The molecule has 1 aliphatic rings. The number of allylic oxidation sites excluding steroid dienone is 1. The summed E-state index contributed by atoms with van der Waals surface area (Å²) in [6, 6.07) is 19.2. The van der Waals surface area contributed by atoms with Gasteiger partial charge in [0, 0.05) is 33.1 Å². The van der Waals surface area contributed by atoms with Gasteiger partial charge in [-0.25, -0.2) is 28.4 Å². The minimum Gasteiger partial charge on any atom is -0.399 e. The maximum absolute atomic E-state index is 11.8. The van der Waals surface area contributed by atoms with Gasteiger partial charge in [-0.2, -0.15) is 0 Å². The van der Waals surface area contributed by atoms with Gasteiger partial charge in [0.05, 0.1) is 39.5 Å². The number of non-ortho nitro benzene ring substituents is 1. The molecule has 0 unspecified atom stereocenters. The van der Waals surface area contributed by atoms with Gasteiger partial charge in [0.25, 0.3) is 5.69 Å². The molecule has 12 nitrogen and oxygen atoms in total. The first-order valence-electron chi connectivity index (χ1n) is 18.6. The Labute approximate surface area is 341 Å². The number of aryl methyl sites for hydroxylation is 6. The first kappa shape index (κ1) is 41.2. The summed E-state index contributed by atoms with van der Waals surface area (Å²) >= 11 is 3.52. The monoisotopic (exact) mass is 850 g/mol. The number of sulfone groups is 1. The summed E-state index contributed by atoms with van der Waals surface area (Å²) in [6.45, 7) is 15.7. The Bertz CT molecular complexity index is 2680. The highest BCUT2D eigenvalue weighted by atomic mass is 79.9. The van der Waals surface area contributed by atoms with Crippen molar-refractivity contribution in [2.45, 2.75) is 73.9 Å². The van der Waals surface area contributed by atoms with E-state index >= 15 is 0 Å². The molecule has 0 amide bonds. The Morgan fingerprint density at radius 2 is 1.28 bits per heavy atom. The summed E-state index contributed by atoms with van der Waals surface area (Å²) in [7, 11) is -2.97. The lowest BCUT2D eigenvalue weighted by Gasteiger charge is -2.20. The summed E-state index contributed by atoms with van der Waals surface area (Å²) in [5, 5.41) is 19.9. The number of benzene rings is 4. The second-order valence-electron chi connectivity index (χ2n) is 14.9. The molecule has 4 aromatic carbocycles. The number of nitrogen functional groups attached to an aromatic ring is 1. The molecular weight excluding hydrogens is 804 g/mol. The number of nitrogens with two attached hydrogens (primary N) is 1. The molecule has 0 spiro atoms. The number of rotatable bonds is 8. The van der Waals surface area contributed by atoms with Gasteiger partial charge < -0.3 is 16.4 Å². The SMILES string of the molecule is Cc1cc(N)cc([C@@H](C)Nc2nc(C)nc3c(C)cc(C4=CCS(=O)(=O)CC4)cc23)c1.Cc1cc([C@@H](C)Nc2nc(C)nc3c(C)cc(Br)cc23)cc([N+](=O)[O-])c1. The highest BCUT2D eigenvalue weighted by molar-refractivity contribution is 9.10. The fourth-order valence-corrected chi connectivity index (χ4v) is 8.88. The molecule has 6 aromatic rings. The van der Waals surface area contributed by atoms with Crippen molar-refractivity contribution in [1.82, 2.24) is 19.9 Å². The number of nitrogens with zero attached hydrogens (tertiary/aromatic N) is 5. The van der Waals surface area contributed by atoms with E-state index in [9.17, 15) is 18.5 Å². The Morgan fingerprint density at radius 1 is 0.737 bits per heavy atom. The van der Waals surface area contributed by atoms with Crippen LogP contribution < -0.4 is 16.4 Å². The molecule has 0 bridgehead atoms. The molecule has 0 fully saturated rings. The Kier molecular flexibility index (Phi) is 12.0. The van der Waals surface area contributed by atoms with E-state index in [1.54, 1.807) is 12.1 Å². The van der Waals surface area contributed by atoms with Gasteiger partial charge in [0.15, 0.2) is 9.84 Å². The number of hydrogen-bond acceptors (Lipinski definition) is 11. The van der Waals surface area contributed by atoms with Crippen molar-refractivity contribution in [2.24, 2.45) is 0 Å². The molecule has 57 heavy (non-hydrogen) atoms. The highest BCUT2D eigenvalue weighted by Crippen LogP contribution is 2.34. The van der Waals surface area contributed by atoms with Gasteiger partial charge in [-0.15, -0.1) is 0 Å². The van der Waals surface area contributed by atoms with E-state index in [0.717, 1.165) is 82.3 Å². The summed E-state index contributed by atoms with van der Waals surface area (Å²) in [6.07, 6.45) is 2.36. The number of fused-ring (bicyclic) bond motifs is 2. The zero-order valence-electron chi connectivity index (χ0n) is 33.4. The largest absolute Gasteiger partial charge is 0.399 e. The molecule has 296 valence electrons. The second kappa shape index (κ2) is 16.6. The van der Waals surface area contributed by atoms with E-state index in [1.165, 1.54) is 0 Å². The number of aromatic nitrogens is 4. The van der Waals surface area contributed by atoms with Crippen molar-refractivity contribution in [3.63, 3.8) is 0 Å². The Hall–Kier alpha value is -5.47. The number of nitro benzene ring substituents is 1. The van der Waals surface area contributed by atoms with Crippen LogP contribution in [-0.2, 0) is 9.84 Å².